The van der Waals surface area contributed by atoms with E-state index < -0.39 is 6.10 Å². The van der Waals surface area contributed by atoms with Crippen LogP contribution >= 0.6 is 15.9 Å². The number of nitrogens with two attached hydrogens (primary N) is 1. The first-order chi connectivity index (χ1) is 7.61. The number of hydrogen-bond acceptors (Lipinski definition) is 3. The number of nitrogens with one attached hydrogen (secondary N) is 1. The van der Waals surface area contributed by atoms with E-state index >= 15 is 0 Å². The highest BCUT2D eigenvalue weighted by atomic mass is 79.9. The zero-order chi connectivity index (χ0) is 11.7. The van der Waals surface area contributed by atoms with E-state index in [1.807, 2.05) is 12.1 Å². The number of fused-ring (bicyclic) bond motifs is 1. The summed E-state index contributed by atoms with van der Waals surface area (Å²) in [5.74, 6) is 0.616. The topological polar surface area (TPSA) is 64.3 Å². The molecule has 5 heteroatoms. The molecule has 0 bridgehead atoms. The fraction of sp³-hybridized carbons (Fsp3) is 0.364. The lowest BCUT2D eigenvalue weighted by molar-refractivity contribution is -0.122. The standard InChI is InChI=1S/C11H13BrN2O2/c1-6-11(15)14-9-5-8(12)4-7(2-3-13)10(9)16-6/h4-6H,2-3,13H2,1H3,(H,14,15). The van der Waals surface area contributed by atoms with E-state index in [1.165, 1.54) is 0 Å². The van der Waals surface area contributed by atoms with Crippen LogP contribution in [0.2, 0.25) is 0 Å². The molecule has 16 heavy (non-hydrogen) atoms. The van der Waals surface area contributed by atoms with Gasteiger partial charge in [0.2, 0.25) is 0 Å². The highest BCUT2D eigenvalue weighted by molar-refractivity contribution is 9.10. The van der Waals surface area contributed by atoms with Crippen LogP contribution in [0.1, 0.15) is 12.5 Å². The zero-order valence-corrected chi connectivity index (χ0v) is 10.5. The average Bonchev–Trinajstić information content (AvgIpc) is 2.21. The molecule has 0 aliphatic carbocycles. The van der Waals surface area contributed by atoms with Gasteiger partial charge in [-0.25, -0.2) is 0 Å². The highest BCUT2D eigenvalue weighted by Gasteiger charge is 2.25. The number of halogens is 1. The van der Waals surface area contributed by atoms with Gasteiger partial charge in [-0.3, -0.25) is 4.79 Å². The summed E-state index contributed by atoms with van der Waals surface area (Å²) in [6.45, 7) is 2.28. The van der Waals surface area contributed by atoms with Gasteiger partial charge in [0.1, 0.15) is 5.75 Å². The molecule has 1 aliphatic rings. The summed E-state index contributed by atoms with van der Waals surface area (Å²) in [7, 11) is 0. The maximum absolute atomic E-state index is 11.5. The van der Waals surface area contributed by atoms with Gasteiger partial charge >= 0.3 is 0 Å². The van der Waals surface area contributed by atoms with Crippen LogP contribution in [0.25, 0.3) is 0 Å². The second kappa shape index (κ2) is 4.43. The second-order valence-corrected chi connectivity index (χ2v) is 4.65. The number of carbonyl (C=O) groups excluding carboxylic acids is 1. The van der Waals surface area contributed by atoms with Gasteiger partial charge in [0.25, 0.3) is 5.91 Å². The van der Waals surface area contributed by atoms with E-state index in [4.69, 9.17) is 10.5 Å². The molecule has 1 heterocycles. The Balaban J connectivity index is 2.45. The summed E-state index contributed by atoms with van der Waals surface area (Å²) in [6, 6.07) is 3.80. The summed E-state index contributed by atoms with van der Waals surface area (Å²) < 4.78 is 6.50. The molecule has 1 atom stereocenters. The minimum atomic E-state index is -0.454. The maximum atomic E-state index is 11.5. The molecule has 1 aliphatic heterocycles. The lowest BCUT2D eigenvalue weighted by Crippen LogP contribution is -2.35. The van der Waals surface area contributed by atoms with Crippen molar-refractivity contribution in [2.45, 2.75) is 19.4 Å². The number of amides is 1. The summed E-state index contributed by atoms with van der Waals surface area (Å²) >= 11 is 3.40. The SMILES string of the molecule is CC1Oc2c(CCN)cc(Br)cc2NC1=O. The normalized spacial score (nSPS) is 18.7. The number of hydrogen-bond donors (Lipinski definition) is 2. The third-order valence-corrected chi connectivity index (χ3v) is 2.92. The Bertz CT molecular complexity index is 434. The fourth-order valence-corrected chi connectivity index (χ4v) is 2.19. The van der Waals surface area contributed by atoms with Crippen LogP contribution in [0.15, 0.2) is 16.6 Å². The number of carbonyl (C=O) groups is 1. The van der Waals surface area contributed by atoms with Crippen LogP contribution < -0.4 is 15.8 Å². The lowest BCUT2D eigenvalue weighted by Gasteiger charge is -2.25. The van der Waals surface area contributed by atoms with E-state index in [1.54, 1.807) is 6.92 Å². The average molecular weight is 285 g/mol. The third-order valence-electron chi connectivity index (χ3n) is 2.47. The predicted octanol–water partition coefficient (Wildman–Crippen LogP) is 1.67. The minimum Gasteiger partial charge on any atom is -0.478 e. The Hall–Kier alpha value is -1.07. The van der Waals surface area contributed by atoms with Gasteiger partial charge in [-0.1, -0.05) is 15.9 Å². The number of anilines is 1. The summed E-state index contributed by atoms with van der Waals surface area (Å²) in [5.41, 5.74) is 7.27. The minimum absolute atomic E-state index is 0.121. The Morgan fingerprint density at radius 3 is 3.00 bits per heavy atom. The van der Waals surface area contributed by atoms with E-state index in [-0.39, 0.29) is 5.91 Å². The van der Waals surface area contributed by atoms with Crippen molar-refractivity contribution in [2.75, 3.05) is 11.9 Å². The van der Waals surface area contributed by atoms with Gasteiger partial charge in [0.05, 0.1) is 5.69 Å². The molecule has 1 aromatic carbocycles. The number of rotatable bonds is 2. The van der Waals surface area contributed by atoms with Crippen LogP contribution in [0.4, 0.5) is 5.69 Å². The zero-order valence-electron chi connectivity index (χ0n) is 8.92. The Morgan fingerprint density at radius 2 is 2.31 bits per heavy atom. The van der Waals surface area contributed by atoms with Crippen molar-refractivity contribution in [2.24, 2.45) is 5.73 Å². The first-order valence-corrected chi connectivity index (χ1v) is 5.91. The van der Waals surface area contributed by atoms with Crippen molar-refractivity contribution in [1.29, 1.82) is 0 Å². The molecule has 1 unspecified atom stereocenters. The van der Waals surface area contributed by atoms with Crippen LogP contribution in [-0.2, 0) is 11.2 Å². The van der Waals surface area contributed by atoms with Crippen LogP contribution in [0.3, 0.4) is 0 Å². The summed E-state index contributed by atoms with van der Waals surface area (Å²) in [6.07, 6.45) is 0.273. The van der Waals surface area contributed by atoms with Crippen molar-refractivity contribution in [3.8, 4) is 5.75 Å². The highest BCUT2D eigenvalue weighted by Crippen LogP contribution is 2.36. The van der Waals surface area contributed by atoms with Gasteiger partial charge in [-0.15, -0.1) is 0 Å². The maximum Gasteiger partial charge on any atom is 0.265 e. The predicted molar refractivity (Wildman–Crippen MR) is 65.6 cm³/mol. The Labute approximate surface area is 102 Å². The van der Waals surface area contributed by atoms with Gasteiger partial charge < -0.3 is 15.8 Å². The molecule has 1 amide bonds. The molecule has 4 nitrogen and oxygen atoms in total. The van der Waals surface area contributed by atoms with Crippen molar-refractivity contribution < 1.29 is 9.53 Å². The van der Waals surface area contributed by atoms with Gasteiger partial charge in [-0.2, -0.15) is 0 Å². The molecule has 3 N–H and O–H groups in total. The first-order valence-electron chi connectivity index (χ1n) is 5.12. The van der Waals surface area contributed by atoms with E-state index in [0.29, 0.717) is 12.2 Å². The van der Waals surface area contributed by atoms with E-state index in [0.717, 1.165) is 22.2 Å². The van der Waals surface area contributed by atoms with Crippen molar-refractivity contribution >= 4 is 27.5 Å². The van der Waals surface area contributed by atoms with Crippen LogP contribution in [0.5, 0.6) is 5.75 Å². The fourth-order valence-electron chi connectivity index (χ4n) is 1.69. The molecular weight excluding hydrogens is 272 g/mol. The Kier molecular flexibility index (Phi) is 3.16. The molecule has 2 rings (SSSR count). The molecule has 0 saturated heterocycles. The number of ether oxygens (including phenoxy) is 1. The summed E-state index contributed by atoms with van der Waals surface area (Å²) in [5, 5.41) is 2.81. The largest absolute Gasteiger partial charge is 0.478 e. The molecule has 0 fully saturated rings. The van der Waals surface area contributed by atoms with E-state index in [9.17, 15) is 4.79 Å². The molecule has 1 aromatic rings. The molecule has 0 spiro atoms. The first kappa shape index (κ1) is 11.4. The quantitative estimate of drug-likeness (QED) is 0.868. The summed E-state index contributed by atoms with van der Waals surface area (Å²) in [4.78, 5) is 11.5. The van der Waals surface area contributed by atoms with Crippen LogP contribution in [0, 0.1) is 0 Å². The van der Waals surface area contributed by atoms with E-state index in [2.05, 4.69) is 21.2 Å². The molecule has 0 aromatic heterocycles. The Morgan fingerprint density at radius 1 is 1.56 bits per heavy atom. The van der Waals surface area contributed by atoms with Gasteiger partial charge in [0.15, 0.2) is 6.10 Å². The lowest BCUT2D eigenvalue weighted by atomic mass is 10.1. The van der Waals surface area contributed by atoms with Gasteiger partial charge in [0, 0.05) is 4.47 Å². The van der Waals surface area contributed by atoms with Crippen molar-refractivity contribution in [3.63, 3.8) is 0 Å². The molecule has 86 valence electrons. The number of benzene rings is 1. The van der Waals surface area contributed by atoms with Crippen molar-refractivity contribution in [3.05, 3.63) is 22.2 Å². The van der Waals surface area contributed by atoms with Crippen molar-refractivity contribution in [1.82, 2.24) is 0 Å². The monoisotopic (exact) mass is 284 g/mol. The second-order valence-electron chi connectivity index (χ2n) is 3.73. The van der Waals surface area contributed by atoms with Crippen LogP contribution in [-0.4, -0.2) is 18.6 Å². The molecular formula is C11H13BrN2O2. The molecule has 0 radical (unpaired) electrons. The smallest absolute Gasteiger partial charge is 0.265 e. The molecule has 0 saturated carbocycles. The van der Waals surface area contributed by atoms with Gasteiger partial charge in [-0.05, 0) is 37.6 Å². The third kappa shape index (κ3) is 2.05.